The van der Waals surface area contributed by atoms with Crippen molar-refractivity contribution in [3.8, 4) is 0 Å². The van der Waals surface area contributed by atoms with E-state index >= 15 is 0 Å². The van der Waals surface area contributed by atoms with E-state index in [-0.39, 0.29) is 12.0 Å². The second-order valence-electron chi connectivity index (χ2n) is 7.05. The lowest BCUT2D eigenvalue weighted by Crippen LogP contribution is -2.50. The SMILES string of the molecule is CC(C)C(CNC(=O)C1CCCO1)N1CCc2ccccc2C1. The number of ether oxygens (including phenoxy) is 1. The van der Waals surface area contributed by atoms with Crippen molar-refractivity contribution in [2.24, 2.45) is 5.92 Å². The lowest BCUT2D eigenvalue weighted by molar-refractivity contribution is -0.130. The molecule has 2 aliphatic heterocycles. The molecule has 23 heavy (non-hydrogen) atoms. The van der Waals surface area contributed by atoms with Crippen LogP contribution in [0.4, 0.5) is 0 Å². The number of hydrogen-bond acceptors (Lipinski definition) is 3. The predicted molar refractivity (Wildman–Crippen MR) is 91.2 cm³/mol. The number of benzene rings is 1. The fraction of sp³-hybridized carbons (Fsp3) is 0.632. The number of nitrogens with zero attached hydrogens (tertiary/aromatic N) is 1. The molecule has 2 atom stereocenters. The van der Waals surface area contributed by atoms with Crippen molar-refractivity contribution >= 4 is 5.91 Å². The van der Waals surface area contributed by atoms with E-state index in [9.17, 15) is 4.79 Å². The van der Waals surface area contributed by atoms with E-state index in [0.29, 0.717) is 25.1 Å². The molecule has 0 spiro atoms. The third-order valence-electron chi connectivity index (χ3n) is 5.11. The zero-order valence-corrected chi connectivity index (χ0v) is 14.3. The fourth-order valence-electron chi connectivity index (χ4n) is 3.69. The molecule has 4 heteroatoms. The molecule has 2 heterocycles. The topological polar surface area (TPSA) is 41.6 Å². The van der Waals surface area contributed by atoms with Crippen LogP contribution in [0.1, 0.15) is 37.8 Å². The number of nitrogens with one attached hydrogen (secondary N) is 1. The second-order valence-corrected chi connectivity index (χ2v) is 7.05. The Morgan fingerprint density at radius 3 is 2.83 bits per heavy atom. The zero-order valence-electron chi connectivity index (χ0n) is 14.3. The molecular weight excluding hydrogens is 288 g/mol. The molecule has 1 N–H and O–H groups in total. The summed E-state index contributed by atoms with van der Waals surface area (Å²) in [6.07, 6.45) is 2.72. The number of rotatable bonds is 5. The van der Waals surface area contributed by atoms with Crippen LogP contribution in [0.5, 0.6) is 0 Å². The van der Waals surface area contributed by atoms with Gasteiger partial charge in [0.2, 0.25) is 5.91 Å². The van der Waals surface area contributed by atoms with E-state index in [1.165, 1.54) is 11.1 Å². The van der Waals surface area contributed by atoms with Gasteiger partial charge in [0.1, 0.15) is 6.10 Å². The number of carbonyl (C=O) groups excluding carboxylic acids is 1. The highest BCUT2D eigenvalue weighted by molar-refractivity contribution is 5.80. The number of fused-ring (bicyclic) bond motifs is 1. The van der Waals surface area contributed by atoms with Crippen LogP contribution in [0.3, 0.4) is 0 Å². The molecule has 0 saturated carbocycles. The summed E-state index contributed by atoms with van der Waals surface area (Å²) in [7, 11) is 0. The van der Waals surface area contributed by atoms with Gasteiger partial charge in [0, 0.05) is 32.3 Å². The Morgan fingerprint density at radius 2 is 2.13 bits per heavy atom. The van der Waals surface area contributed by atoms with Gasteiger partial charge in [-0.05, 0) is 36.3 Å². The minimum atomic E-state index is -0.232. The Hall–Kier alpha value is -1.39. The van der Waals surface area contributed by atoms with Gasteiger partial charge in [-0.1, -0.05) is 38.1 Å². The summed E-state index contributed by atoms with van der Waals surface area (Å²) >= 11 is 0. The average Bonchev–Trinajstić information content (AvgIpc) is 3.09. The first kappa shape index (κ1) is 16.5. The molecule has 1 fully saturated rings. The van der Waals surface area contributed by atoms with Crippen LogP contribution in [-0.2, 0) is 22.5 Å². The van der Waals surface area contributed by atoms with Crippen molar-refractivity contribution in [1.29, 1.82) is 0 Å². The molecule has 126 valence electrons. The van der Waals surface area contributed by atoms with Gasteiger partial charge in [-0.25, -0.2) is 0 Å². The lowest BCUT2D eigenvalue weighted by Gasteiger charge is -2.38. The van der Waals surface area contributed by atoms with Crippen LogP contribution in [0, 0.1) is 5.92 Å². The maximum absolute atomic E-state index is 12.2. The third-order valence-corrected chi connectivity index (χ3v) is 5.11. The summed E-state index contributed by atoms with van der Waals surface area (Å²) in [6, 6.07) is 9.07. The molecule has 2 unspecified atom stereocenters. The van der Waals surface area contributed by atoms with Crippen molar-refractivity contribution < 1.29 is 9.53 Å². The molecule has 3 rings (SSSR count). The van der Waals surface area contributed by atoms with Crippen LogP contribution < -0.4 is 5.32 Å². The van der Waals surface area contributed by atoms with Gasteiger partial charge >= 0.3 is 0 Å². The standard InChI is InChI=1S/C19H28N2O2/c1-14(2)17(12-20-19(22)18-8-5-11-23-18)21-10-9-15-6-3-4-7-16(15)13-21/h3-4,6-7,14,17-18H,5,8-13H2,1-2H3,(H,20,22). The maximum atomic E-state index is 12.2. The van der Waals surface area contributed by atoms with Gasteiger partial charge in [-0.3, -0.25) is 9.69 Å². The zero-order chi connectivity index (χ0) is 16.2. The smallest absolute Gasteiger partial charge is 0.249 e. The molecule has 1 aromatic carbocycles. The molecule has 1 saturated heterocycles. The van der Waals surface area contributed by atoms with Crippen molar-refractivity contribution in [2.45, 2.75) is 51.8 Å². The Labute approximate surface area is 139 Å². The van der Waals surface area contributed by atoms with Crippen LogP contribution in [0.25, 0.3) is 0 Å². The monoisotopic (exact) mass is 316 g/mol. The first-order valence-electron chi connectivity index (χ1n) is 8.85. The third kappa shape index (κ3) is 3.93. The lowest BCUT2D eigenvalue weighted by atomic mass is 9.95. The van der Waals surface area contributed by atoms with Crippen LogP contribution in [-0.4, -0.2) is 42.6 Å². The Morgan fingerprint density at radius 1 is 1.35 bits per heavy atom. The predicted octanol–water partition coefficient (Wildman–Crippen LogP) is 2.36. The summed E-state index contributed by atoms with van der Waals surface area (Å²) in [6.45, 7) is 7.95. The molecule has 0 aliphatic carbocycles. The Bertz CT molecular complexity index is 538. The van der Waals surface area contributed by atoms with Gasteiger partial charge in [-0.2, -0.15) is 0 Å². The van der Waals surface area contributed by atoms with Gasteiger partial charge < -0.3 is 10.1 Å². The highest BCUT2D eigenvalue weighted by Gasteiger charge is 2.28. The molecule has 0 bridgehead atoms. The average molecular weight is 316 g/mol. The van der Waals surface area contributed by atoms with E-state index in [2.05, 4.69) is 48.3 Å². The summed E-state index contributed by atoms with van der Waals surface area (Å²) in [5, 5.41) is 3.12. The number of amides is 1. The van der Waals surface area contributed by atoms with Gasteiger partial charge in [-0.15, -0.1) is 0 Å². The largest absolute Gasteiger partial charge is 0.368 e. The molecule has 1 aromatic rings. The van der Waals surface area contributed by atoms with Gasteiger partial charge in [0.05, 0.1) is 0 Å². The number of hydrogen-bond donors (Lipinski definition) is 1. The van der Waals surface area contributed by atoms with E-state index in [1.54, 1.807) is 0 Å². The normalized spacial score (nSPS) is 22.8. The van der Waals surface area contributed by atoms with Crippen LogP contribution in [0.2, 0.25) is 0 Å². The first-order valence-corrected chi connectivity index (χ1v) is 8.85. The van der Waals surface area contributed by atoms with Crippen LogP contribution in [0.15, 0.2) is 24.3 Å². The van der Waals surface area contributed by atoms with Gasteiger partial charge in [0.25, 0.3) is 0 Å². The quantitative estimate of drug-likeness (QED) is 0.907. The van der Waals surface area contributed by atoms with Crippen molar-refractivity contribution in [3.05, 3.63) is 35.4 Å². The molecule has 0 aromatic heterocycles. The summed E-state index contributed by atoms with van der Waals surface area (Å²) < 4.78 is 5.47. The van der Waals surface area contributed by atoms with Crippen molar-refractivity contribution in [1.82, 2.24) is 10.2 Å². The number of carbonyl (C=O) groups is 1. The van der Waals surface area contributed by atoms with E-state index < -0.39 is 0 Å². The molecule has 4 nitrogen and oxygen atoms in total. The first-order chi connectivity index (χ1) is 11.1. The summed E-state index contributed by atoms with van der Waals surface area (Å²) in [4.78, 5) is 14.7. The second kappa shape index (κ2) is 7.45. The van der Waals surface area contributed by atoms with E-state index in [1.807, 2.05) is 0 Å². The minimum Gasteiger partial charge on any atom is -0.368 e. The van der Waals surface area contributed by atoms with Crippen LogP contribution >= 0.6 is 0 Å². The highest BCUT2D eigenvalue weighted by Crippen LogP contribution is 2.23. The van der Waals surface area contributed by atoms with E-state index in [4.69, 9.17) is 4.74 Å². The Balaban J connectivity index is 1.60. The molecule has 2 aliphatic rings. The summed E-state index contributed by atoms with van der Waals surface area (Å²) in [5.74, 6) is 0.565. The maximum Gasteiger partial charge on any atom is 0.249 e. The molecular formula is C19H28N2O2. The van der Waals surface area contributed by atoms with Crippen molar-refractivity contribution in [2.75, 3.05) is 19.7 Å². The Kier molecular flexibility index (Phi) is 5.34. The molecule has 0 radical (unpaired) electrons. The summed E-state index contributed by atoms with van der Waals surface area (Å²) in [5.41, 5.74) is 2.89. The van der Waals surface area contributed by atoms with Crippen molar-refractivity contribution in [3.63, 3.8) is 0 Å². The fourth-order valence-corrected chi connectivity index (χ4v) is 3.69. The minimum absolute atomic E-state index is 0.0607. The van der Waals surface area contributed by atoms with Gasteiger partial charge in [0.15, 0.2) is 0 Å². The van der Waals surface area contributed by atoms with E-state index in [0.717, 1.165) is 32.4 Å². The molecule has 1 amide bonds. The highest BCUT2D eigenvalue weighted by atomic mass is 16.5.